The van der Waals surface area contributed by atoms with Gasteiger partial charge in [0.2, 0.25) is 0 Å². The lowest BCUT2D eigenvalue weighted by Gasteiger charge is -2.11. The van der Waals surface area contributed by atoms with Gasteiger partial charge >= 0.3 is 6.03 Å². The maximum atomic E-state index is 11.6. The van der Waals surface area contributed by atoms with Gasteiger partial charge < -0.3 is 16.0 Å². The Kier molecular flexibility index (Phi) is 6.00. The maximum Gasteiger partial charge on any atom is 0.314 e. The monoisotopic (exact) mass is 326 g/mol. The topological polar surface area (TPSA) is 100 Å². The fourth-order valence-corrected chi connectivity index (χ4v) is 4.17. The summed E-state index contributed by atoms with van der Waals surface area (Å²) in [5.74, 6) is 1.28. The molecule has 0 aromatic carbocycles. The largest absolute Gasteiger partial charge is 0.370 e. The van der Waals surface area contributed by atoms with Crippen LogP contribution in [0.2, 0.25) is 0 Å². The van der Waals surface area contributed by atoms with Crippen molar-refractivity contribution in [2.24, 2.45) is 5.92 Å². The molecule has 1 aliphatic heterocycles. The number of aromatic nitrogens is 1. The highest BCUT2D eigenvalue weighted by molar-refractivity contribution is 7.91. The first-order valence-electron chi connectivity index (χ1n) is 7.42. The SMILES string of the molecule is O=C(NCCCNc1ccccn1)NC[C@H]1CCS(=O)(=O)C1. The minimum atomic E-state index is -2.88. The molecule has 2 rings (SSSR count). The van der Waals surface area contributed by atoms with Crippen LogP contribution in [0.25, 0.3) is 0 Å². The van der Waals surface area contributed by atoms with Gasteiger partial charge in [0.05, 0.1) is 11.5 Å². The highest BCUT2D eigenvalue weighted by Crippen LogP contribution is 2.17. The number of carbonyl (C=O) groups excluding carboxylic acids is 1. The van der Waals surface area contributed by atoms with E-state index in [-0.39, 0.29) is 23.5 Å². The van der Waals surface area contributed by atoms with Crippen molar-refractivity contribution in [2.45, 2.75) is 12.8 Å². The van der Waals surface area contributed by atoms with Crippen molar-refractivity contribution in [1.82, 2.24) is 15.6 Å². The summed E-state index contributed by atoms with van der Waals surface area (Å²) < 4.78 is 22.6. The third-order valence-corrected chi connectivity index (χ3v) is 5.33. The standard InChI is InChI=1S/C14H22N4O3S/c19-14(18-10-12-5-9-22(20,21)11-12)17-8-3-7-16-13-4-1-2-6-15-13/h1-2,4,6,12H,3,5,7-11H2,(H,15,16)(H2,17,18,19)/t12-/m1/s1. The Morgan fingerprint density at radius 1 is 1.27 bits per heavy atom. The van der Waals surface area contributed by atoms with E-state index in [4.69, 9.17) is 0 Å². The fraction of sp³-hybridized carbons (Fsp3) is 0.571. The van der Waals surface area contributed by atoms with E-state index in [1.165, 1.54) is 0 Å². The molecular formula is C14H22N4O3S. The van der Waals surface area contributed by atoms with Crippen molar-refractivity contribution in [3.05, 3.63) is 24.4 Å². The fourth-order valence-electron chi connectivity index (χ4n) is 2.31. The molecule has 0 bridgehead atoms. The van der Waals surface area contributed by atoms with Gasteiger partial charge in [0.25, 0.3) is 0 Å². The number of anilines is 1. The number of rotatable bonds is 7. The molecule has 22 heavy (non-hydrogen) atoms. The first-order valence-corrected chi connectivity index (χ1v) is 9.24. The van der Waals surface area contributed by atoms with Gasteiger partial charge in [0.15, 0.2) is 9.84 Å². The quantitative estimate of drug-likeness (QED) is 0.638. The van der Waals surface area contributed by atoms with E-state index in [2.05, 4.69) is 20.9 Å². The minimum absolute atomic E-state index is 0.0431. The number of hydrogen-bond acceptors (Lipinski definition) is 5. The second-order valence-electron chi connectivity index (χ2n) is 5.40. The van der Waals surface area contributed by atoms with Crippen LogP contribution in [0.15, 0.2) is 24.4 Å². The summed E-state index contributed by atoms with van der Waals surface area (Å²) in [6.07, 6.45) is 3.13. The second kappa shape index (κ2) is 7.98. The van der Waals surface area contributed by atoms with E-state index >= 15 is 0 Å². The van der Waals surface area contributed by atoms with Gasteiger partial charge in [-0.05, 0) is 30.9 Å². The first-order chi connectivity index (χ1) is 10.6. The summed E-state index contributed by atoms with van der Waals surface area (Å²) in [5.41, 5.74) is 0. The molecule has 8 heteroatoms. The Labute approximate surface area is 130 Å². The molecule has 0 radical (unpaired) electrons. The highest BCUT2D eigenvalue weighted by atomic mass is 32.2. The zero-order chi connectivity index (χ0) is 15.8. The van der Waals surface area contributed by atoms with Crippen LogP contribution in [0.4, 0.5) is 10.6 Å². The van der Waals surface area contributed by atoms with Crippen molar-refractivity contribution in [2.75, 3.05) is 36.5 Å². The smallest absolute Gasteiger partial charge is 0.314 e. The predicted octanol–water partition coefficient (Wildman–Crippen LogP) is 0.618. The number of pyridine rings is 1. The van der Waals surface area contributed by atoms with Crippen LogP contribution in [-0.2, 0) is 9.84 Å². The van der Waals surface area contributed by atoms with E-state index < -0.39 is 9.84 Å². The number of carbonyl (C=O) groups is 1. The van der Waals surface area contributed by atoms with E-state index in [1.54, 1.807) is 6.20 Å². The molecule has 1 atom stereocenters. The molecule has 1 fully saturated rings. The summed E-state index contributed by atoms with van der Waals surface area (Å²) in [6, 6.07) is 5.40. The molecule has 1 aliphatic rings. The van der Waals surface area contributed by atoms with Crippen molar-refractivity contribution in [3.63, 3.8) is 0 Å². The summed E-state index contributed by atoms with van der Waals surface area (Å²) in [7, 11) is -2.88. The summed E-state index contributed by atoms with van der Waals surface area (Å²) in [5, 5.41) is 8.63. The minimum Gasteiger partial charge on any atom is -0.370 e. The number of nitrogens with one attached hydrogen (secondary N) is 3. The molecule has 0 unspecified atom stereocenters. The van der Waals surface area contributed by atoms with Crippen LogP contribution >= 0.6 is 0 Å². The van der Waals surface area contributed by atoms with Crippen molar-refractivity contribution >= 4 is 21.7 Å². The number of nitrogens with zero attached hydrogens (tertiary/aromatic N) is 1. The van der Waals surface area contributed by atoms with Crippen LogP contribution in [0.1, 0.15) is 12.8 Å². The molecule has 0 spiro atoms. The lowest BCUT2D eigenvalue weighted by atomic mass is 10.1. The molecule has 1 saturated heterocycles. The lowest BCUT2D eigenvalue weighted by Crippen LogP contribution is -2.39. The number of hydrogen-bond donors (Lipinski definition) is 3. The van der Waals surface area contributed by atoms with Crippen molar-refractivity contribution in [1.29, 1.82) is 0 Å². The number of sulfone groups is 1. The lowest BCUT2D eigenvalue weighted by molar-refractivity contribution is 0.239. The van der Waals surface area contributed by atoms with E-state index in [9.17, 15) is 13.2 Å². The maximum absolute atomic E-state index is 11.6. The Balaban J connectivity index is 1.51. The van der Waals surface area contributed by atoms with Gasteiger partial charge in [0, 0.05) is 25.8 Å². The zero-order valence-corrected chi connectivity index (χ0v) is 13.2. The Morgan fingerprint density at radius 3 is 2.82 bits per heavy atom. The third-order valence-electron chi connectivity index (χ3n) is 3.49. The van der Waals surface area contributed by atoms with Crippen LogP contribution in [-0.4, -0.2) is 50.6 Å². The molecule has 0 aliphatic carbocycles. The molecule has 122 valence electrons. The van der Waals surface area contributed by atoms with E-state index in [0.717, 1.165) is 18.8 Å². The number of urea groups is 1. The van der Waals surface area contributed by atoms with Gasteiger partial charge in [-0.25, -0.2) is 18.2 Å². The average molecular weight is 326 g/mol. The molecule has 0 saturated carbocycles. The van der Waals surface area contributed by atoms with Gasteiger partial charge in [-0.2, -0.15) is 0 Å². The Hall–Kier alpha value is -1.83. The Morgan fingerprint density at radius 2 is 2.14 bits per heavy atom. The molecule has 2 amide bonds. The molecule has 3 N–H and O–H groups in total. The molecule has 2 heterocycles. The van der Waals surface area contributed by atoms with Crippen molar-refractivity contribution in [3.8, 4) is 0 Å². The normalized spacial score (nSPS) is 19.5. The Bertz CT molecular complexity index is 577. The molecule has 7 nitrogen and oxygen atoms in total. The van der Waals surface area contributed by atoms with Gasteiger partial charge in [0.1, 0.15) is 5.82 Å². The molecular weight excluding hydrogens is 304 g/mol. The summed E-state index contributed by atoms with van der Waals surface area (Å²) >= 11 is 0. The second-order valence-corrected chi connectivity index (χ2v) is 7.63. The first kappa shape index (κ1) is 16.5. The van der Waals surface area contributed by atoms with Crippen molar-refractivity contribution < 1.29 is 13.2 Å². The van der Waals surface area contributed by atoms with Gasteiger partial charge in [-0.3, -0.25) is 0 Å². The van der Waals surface area contributed by atoms with Crippen LogP contribution in [0, 0.1) is 5.92 Å². The van der Waals surface area contributed by atoms with Crippen LogP contribution < -0.4 is 16.0 Å². The number of amides is 2. The predicted molar refractivity (Wildman–Crippen MR) is 85.5 cm³/mol. The van der Waals surface area contributed by atoms with Crippen LogP contribution in [0.3, 0.4) is 0 Å². The highest BCUT2D eigenvalue weighted by Gasteiger charge is 2.27. The summed E-state index contributed by atoms with van der Waals surface area (Å²) in [6.45, 7) is 1.68. The molecule has 1 aromatic heterocycles. The van der Waals surface area contributed by atoms with Gasteiger partial charge in [-0.15, -0.1) is 0 Å². The summed E-state index contributed by atoms with van der Waals surface area (Å²) in [4.78, 5) is 15.7. The molecule has 1 aromatic rings. The zero-order valence-electron chi connectivity index (χ0n) is 12.4. The van der Waals surface area contributed by atoms with E-state index in [0.29, 0.717) is 19.5 Å². The van der Waals surface area contributed by atoms with E-state index in [1.807, 2.05) is 18.2 Å². The third kappa shape index (κ3) is 5.88. The average Bonchev–Trinajstić information content (AvgIpc) is 2.85. The van der Waals surface area contributed by atoms with Crippen LogP contribution in [0.5, 0.6) is 0 Å². The van der Waals surface area contributed by atoms with Gasteiger partial charge in [-0.1, -0.05) is 6.07 Å².